The molecule has 1 N–H and O–H groups in total. The fourth-order valence-electron chi connectivity index (χ4n) is 3.14. The van der Waals surface area contributed by atoms with Gasteiger partial charge in [0.15, 0.2) is 0 Å². The molecule has 1 aliphatic rings. The van der Waals surface area contributed by atoms with Crippen LogP contribution in [0.1, 0.15) is 16.7 Å². The van der Waals surface area contributed by atoms with Crippen LogP contribution < -0.4 is 10.1 Å². The number of rotatable bonds is 6. The molecule has 1 fully saturated rings. The van der Waals surface area contributed by atoms with Gasteiger partial charge in [0, 0.05) is 15.6 Å². The molecule has 0 aromatic heterocycles. The van der Waals surface area contributed by atoms with Crippen molar-refractivity contribution in [2.75, 3.05) is 0 Å². The largest absolute Gasteiger partial charge is 0.489 e. The number of amides is 3. The minimum absolute atomic E-state index is 0.216. The summed E-state index contributed by atoms with van der Waals surface area (Å²) in [5.74, 6) is 0.242. The molecular weight excluding hydrogens is 435 g/mol. The first-order valence-corrected chi connectivity index (χ1v) is 10.3. The van der Waals surface area contributed by atoms with Crippen molar-refractivity contribution in [2.24, 2.45) is 0 Å². The summed E-state index contributed by atoms with van der Waals surface area (Å²) in [7, 11) is 0. The van der Waals surface area contributed by atoms with E-state index in [0.29, 0.717) is 15.8 Å². The van der Waals surface area contributed by atoms with Gasteiger partial charge in [0.25, 0.3) is 5.91 Å². The van der Waals surface area contributed by atoms with Crippen molar-refractivity contribution >= 4 is 41.2 Å². The quantitative estimate of drug-likeness (QED) is 0.387. The van der Waals surface area contributed by atoms with Gasteiger partial charge in [0.1, 0.15) is 18.1 Å². The molecule has 4 rings (SSSR count). The molecule has 0 unspecified atom stereocenters. The molecule has 0 spiro atoms. The van der Waals surface area contributed by atoms with Crippen LogP contribution in [0.5, 0.6) is 5.75 Å². The normalized spacial score (nSPS) is 14.8. The van der Waals surface area contributed by atoms with Crippen molar-refractivity contribution in [2.45, 2.75) is 13.2 Å². The van der Waals surface area contributed by atoms with E-state index in [1.807, 2.05) is 54.6 Å². The van der Waals surface area contributed by atoms with Gasteiger partial charge < -0.3 is 10.1 Å². The van der Waals surface area contributed by atoms with E-state index in [4.69, 9.17) is 27.9 Å². The number of carbonyl (C=O) groups excluding carboxylic acids is 2. The topological polar surface area (TPSA) is 58.6 Å². The van der Waals surface area contributed by atoms with Crippen molar-refractivity contribution < 1.29 is 14.3 Å². The Hall–Kier alpha value is -3.28. The molecule has 3 aromatic rings. The lowest BCUT2D eigenvalue weighted by Gasteiger charge is -2.11. The summed E-state index contributed by atoms with van der Waals surface area (Å²) in [4.78, 5) is 26.2. The first kappa shape index (κ1) is 21.0. The Balaban J connectivity index is 1.46. The van der Waals surface area contributed by atoms with Crippen LogP contribution >= 0.6 is 23.2 Å². The molecule has 5 nitrogen and oxygen atoms in total. The number of hydrogen-bond donors (Lipinski definition) is 1. The summed E-state index contributed by atoms with van der Waals surface area (Å²) >= 11 is 12.1. The van der Waals surface area contributed by atoms with E-state index >= 15 is 0 Å². The maximum Gasteiger partial charge on any atom is 0.329 e. The molecule has 0 atom stereocenters. The lowest BCUT2D eigenvalue weighted by Crippen LogP contribution is -2.30. The highest BCUT2D eigenvalue weighted by Crippen LogP contribution is 2.24. The Morgan fingerprint density at radius 3 is 2.52 bits per heavy atom. The smallest absolute Gasteiger partial charge is 0.329 e. The highest BCUT2D eigenvalue weighted by Gasteiger charge is 2.33. The third-order valence-corrected chi connectivity index (χ3v) is 5.31. The van der Waals surface area contributed by atoms with Crippen molar-refractivity contribution in [3.8, 4) is 5.75 Å². The standard InChI is InChI=1S/C24H18Cl2N2O3/c25-19-10-9-18(21(26)13-19)15-31-20-8-4-7-17(11-20)12-22-23(29)28(24(30)27-22)14-16-5-2-1-3-6-16/h1-13H,14-15H2,(H,27,30)/b22-12+. The zero-order chi connectivity index (χ0) is 21.8. The van der Waals surface area contributed by atoms with Crippen LogP contribution in [0.4, 0.5) is 4.79 Å². The number of urea groups is 1. The van der Waals surface area contributed by atoms with Crippen LogP contribution in [-0.4, -0.2) is 16.8 Å². The van der Waals surface area contributed by atoms with Crippen LogP contribution in [0.25, 0.3) is 6.08 Å². The SMILES string of the molecule is O=C1N/C(=C/c2cccc(OCc3ccc(Cl)cc3Cl)c2)C(=O)N1Cc1ccccc1. The van der Waals surface area contributed by atoms with E-state index in [1.165, 1.54) is 4.90 Å². The number of carbonyl (C=O) groups is 2. The summed E-state index contributed by atoms with van der Waals surface area (Å²) in [6.45, 7) is 0.490. The number of benzene rings is 3. The molecule has 0 saturated carbocycles. The summed E-state index contributed by atoms with van der Waals surface area (Å²) in [5, 5.41) is 3.73. The van der Waals surface area contributed by atoms with E-state index in [1.54, 1.807) is 24.3 Å². The van der Waals surface area contributed by atoms with Crippen molar-refractivity contribution in [1.29, 1.82) is 0 Å². The Morgan fingerprint density at radius 2 is 1.74 bits per heavy atom. The number of ether oxygens (including phenoxy) is 1. The highest BCUT2D eigenvalue weighted by molar-refractivity contribution is 6.35. The summed E-state index contributed by atoms with van der Waals surface area (Å²) < 4.78 is 5.83. The van der Waals surface area contributed by atoms with Crippen LogP contribution in [0.3, 0.4) is 0 Å². The fourth-order valence-corrected chi connectivity index (χ4v) is 3.60. The Bertz CT molecular complexity index is 1160. The second kappa shape index (κ2) is 9.25. The number of nitrogens with one attached hydrogen (secondary N) is 1. The minimum atomic E-state index is -0.440. The first-order valence-electron chi connectivity index (χ1n) is 9.55. The van der Waals surface area contributed by atoms with Gasteiger partial charge in [-0.1, -0.05) is 71.7 Å². The summed E-state index contributed by atoms with van der Waals surface area (Å²) in [6, 6.07) is 21.4. The van der Waals surface area contributed by atoms with Crippen LogP contribution in [-0.2, 0) is 17.9 Å². The molecule has 7 heteroatoms. The van der Waals surface area contributed by atoms with E-state index in [-0.39, 0.29) is 24.8 Å². The van der Waals surface area contributed by atoms with E-state index < -0.39 is 6.03 Å². The zero-order valence-electron chi connectivity index (χ0n) is 16.3. The van der Waals surface area contributed by atoms with Crippen LogP contribution in [0.2, 0.25) is 10.0 Å². The third kappa shape index (κ3) is 5.08. The lowest BCUT2D eigenvalue weighted by molar-refractivity contribution is -0.123. The van der Waals surface area contributed by atoms with Crippen LogP contribution in [0, 0.1) is 0 Å². The molecule has 0 radical (unpaired) electrons. The van der Waals surface area contributed by atoms with Gasteiger partial charge in [-0.25, -0.2) is 4.79 Å². The number of halogens is 2. The average molecular weight is 453 g/mol. The van der Waals surface area contributed by atoms with Gasteiger partial charge in [-0.05, 0) is 41.5 Å². The first-order chi connectivity index (χ1) is 15.0. The molecule has 1 saturated heterocycles. The summed E-state index contributed by atoms with van der Waals surface area (Å²) in [5.41, 5.74) is 2.64. The second-order valence-corrected chi connectivity index (χ2v) is 7.81. The van der Waals surface area contributed by atoms with Crippen molar-refractivity contribution in [3.63, 3.8) is 0 Å². The molecule has 3 aromatic carbocycles. The Morgan fingerprint density at radius 1 is 0.935 bits per heavy atom. The van der Waals surface area contributed by atoms with E-state index in [2.05, 4.69) is 5.32 Å². The number of imide groups is 1. The highest BCUT2D eigenvalue weighted by atomic mass is 35.5. The Kier molecular flexibility index (Phi) is 6.26. The molecule has 31 heavy (non-hydrogen) atoms. The zero-order valence-corrected chi connectivity index (χ0v) is 17.9. The number of hydrogen-bond acceptors (Lipinski definition) is 3. The molecule has 3 amide bonds. The monoisotopic (exact) mass is 452 g/mol. The molecule has 1 heterocycles. The predicted molar refractivity (Wildman–Crippen MR) is 121 cm³/mol. The van der Waals surface area contributed by atoms with Gasteiger partial charge in [-0.3, -0.25) is 9.69 Å². The third-order valence-electron chi connectivity index (χ3n) is 4.72. The van der Waals surface area contributed by atoms with E-state index in [9.17, 15) is 9.59 Å². The van der Waals surface area contributed by atoms with E-state index in [0.717, 1.165) is 16.7 Å². The van der Waals surface area contributed by atoms with Gasteiger partial charge in [0.05, 0.1) is 6.54 Å². The van der Waals surface area contributed by atoms with Crippen LogP contribution in [0.15, 0.2) is 78.5 Å². The minimum Gasteiger partial charge on any atom is -0.489 e. The fraction of sp³-hybridized carbons (Fsp3) is 0.0833. The molecule has 0 aliphatic carbocycles. The maximum absolute atomic E-state index is 12.7. The molecule has 156 valence electrons. The van der Waals surface area contributed by atoms with Gasteiger partial charge >= 0.3 is 6.03 Å². The Labute approximate surface area is 189 Å². The number of nitrogens with zero attached hydrogens (tertiary/aromatic N) is 1. The molecule has 1 aliphatic heterocycles. The predicted octanol–water partition coefficient (Wildman–Crippen LogP) is 5.67. The molecular formula is C24H18Cl2N2O3. The lowest BCUT2D eigenvalue weighted by atomic mass is 10.1. The second-order valence-electron chi connectivity index (χ2n) is 6.96. The summed E-state index contributed by atoms with van der Waals surface area (Å²) in [6.07, 6.45) is 1.63. The average Bonchev–Trinajstić information content (AvgIpc) is 3.01. The van der Waals surface area contributed by atoms with Gasteiger partial charge in [-0.2, -0.15) is 0 Å². The van der Waals surface area contributed by atoms with Gasteiger partial charge in [-0.15, -0.1) is 0 Å². The maximum atomic E-state index is 12.7. The molecule has 0 bridgehead atoms. The van der Waals surface area contributed by atoms with Crippen molar-refractivity contribution in [1.82, 2.24) is 10.2 Å². The van der Waals surface area contributed by atoms with Crippen molar-refractivity contribution in [3.05, 3.63) is 105 Å². The van der Waals surface area contributed by atoms with Gasteiger partial charge in [0.2, 0.25) is 0 Å².